The summed E-state index contributed by atoms with van der Waals surface area (Å²) in [7, 11) is 0. The summed E-state index contributed by atoms with van der Waals surface area (Å²) in [5.74, 6) is 3.55. The van der Waals surface area contributed by atoms with Gasteiger partial charge in [0.15, 0.2) is 5.96 Å². The van der Waals surface area contributed by atoms with Gasteiger partial charge < -0.3 is 15.1 Å². The van der Waals surface area contributed by atoms with E-state index in [1.807, 2.05) is 41.9 Å². The summed E-state index contributed by atoms with van der Waals surface area (Å²) < 4.78 is 7.43. The lowest BCUT2D eigenvalue weighted by Gasteiger charge is -2.25. The first kappa shape index (κ1) is 18.3. The van der Waals surface area contributed by atoms with Crippen molar-refractivity contribution in [3.63, 3.8) is 0 Å². The van der Waals surface area contributed by atoms with Crippen molar-refractivity contribution in [2.45, 2.75) is 45.3 Å². The highest BCUT2D eigenvalue weighted by molar-refractivity contribution is 5.80. The van der Waals surface area contributed by atoms with Crippen LogP contribution in [0, 0.1) is 6.92 Å². The molecular weight excluding hydrogens is 352 g/mol. The fourth-order valence-corrected chi connectivity index (χ4v) is 3.44. The van der Waals surface area contributed by atoms with Crippen molar-refractivity contribution in [2.24, 2.45) is 4.99 Å². The zero-order valence-electron chi connectivity index (χ0n) is 16.1. The molecular formula is C21H26N6O. The number of nitrogens with zero attached hydrogens (tertiary/aromatic N) is 4. The fourth-order valence-electron chi connectivity index (χ4n) is 3.44. The SMILES string of the molecule is Cc1nc2n(n1)CCCC2NC(=NCc1ccccc1)NCCc1ccco1. The van der Waals surface area contributed by atoms with Crippen LogP contribution in [0.15, 0.2) is 58.1 Å². The molecule has 1 aliphatic heterocycles. The number of guanidine groups is 1. The maximum atomic E-state index is 5.42. The molecule has 0 radical (unpaired) electrons. The average Bonchev–Trinajstić information content (AvgIpc) is 3.36. The number of fused-ring (bicyclic) bond motifs is 1. The summed E-state index contributed by atoms with van der Waals surface area (Å²) in [6.45, 7) is 4.23. The summed E-state index contributed by atoms with van der Waals surface area (Å²) in [5, 5.41) is 11.5. The summed E-state index contributed by atoms with van der Waals surface area (Å²) in [6.07, 6.45) is 4.60. The van der Waals surface area contributed by atoms with Crippen molar-refractivity contribution in [3.05, 3.63) is 71.7 Å². The van der Waals surface area contributed by atoms with Gasteiger partial charge in [-0.1, -0.05) is 30.3 Å². The van der Waals surface area contributed by atoms with Crippen LogP contribution in [0.1, 0.15) is 41.9 Å². The maximum Gasteiger partial charge on any atom is 0.192 e. The van der Waals surface area contributed by atoms with E-state index < -0.39 is 0 Å². The van der Waals surface area contributed by atoms with Gasteiger partial charge in [-0.15, -0.1) is 0 Å². The van der Waals surface area contributed by atoms with Gasteiger partial charge in [0.25, 0.3) is 0 Å². The van der Waals surface area contributed by atoms with Crippen LogP contribution >= 0.6 is 0 Å². The van der Waals surface area contributed by atoms with Crippen LogP contribution in [0.4, 0.5) is 0 Å². The molecule has 1 aromatic carbocycles. The van der Waals surface area contributed by atoms with Crippen molar-refractivity contribution in [3.8, 4) is 0 Å². The third kappa shape index (κ3) is 4.60. The number of benzene rings is 1. The third-order valence-corrected chi connectivity index (χ3v) is 4.80. The molecule has 1 atom stereocenters. The van der Waals surface area contributed by atoms with E-state index in [9.17, 15) is 0 Å². The van der Waals surface area contributed by atoms with Gasteiger partial charge in [0, 0.05) is 19.5 Å². The monoisotopic (exact) mass is 378 g/mol. The van der Waals surface area contributed by atoms with E-state index >= 15 is 0 Å². The molecule has 146 valence electrons. The van der Waals surface area contributed by atoms with E-state index in [1.165, 1.54) is 5.56 Å². The van der Waals surface area contributed by atoms with Crippen LogP contribution in [-0.2, 0) is 19.5 Å². The van der Waals surface area contributed by atoms with E-state index in [0.29, 0.717) is 6.54 Å². The molecule has 1 aliphatic rings. The molecule has 0 spiro atoms. The lowest BCUT2D eigenvalue weighted by atomic mass is 10.1. The Morgan fingerprint density at radius 2 is 2.14 bits per heavy atom. The van der Waals surface area contributed by atoms with Crippen LogP contribution in [-0.4, -0.2) is 27.3 Å². The minimum absolute atomic E-state index is 0.112. The highest BCUT2D eigenvalue weighted by Gasteiger charge is 2.24. The summed E-state index contributed by atoms with van der Waals surface area (Å²) in [5.41, 5.74) is 1.18. The number of furan rings is 1. The van der Waals surface area contributed by atoms with E-state index in [4.69, 9.17) is 9.41 Å². The Labute approximate surface area is 164 Å². The molecule has 0 saturated heterocycles. The summed E-state index contributed by atoms with van der Waals surface area (Å²) >= 11 is 0. The first-order valence-electron chi connectivity index (χ1n) is 9.80. The average molecular weight is 378 g/mol. The molecule has 3 aromatic rings. The Balaban J connectivity index is 1.45. The number of hydrogen-bond donors (Lipinski definition) is 2. The van der Waals surface area contributed by atoms with E-state index in [-0.39, 0.29) is 6.04 Å². The number of hydrogen-bond acceptors (Lipinski definition) is 4. The lowest BCUT2D eigenvalue weighted by molar-refractivity contribution is 0.397. The standard InChI is InChI=1S/C21H26N6O/c1-16-24-20-19(10-5-13-27(20)26-16)25-21(22-12-11-18-9-6-14-28-18)23-15-17-7-3-2-4-8-17/h2-4,6-9,14,19H,5,10-13,15H2,1H3,(H2,22,23,25). The molecule has 0 saturated carbocycles. The summed E-state index contributed by atoms with van der Waals surface area (Å²) in [4.78, 5) is 9.41. The zero-order valence-corrected chi connectivity index (χ0v) is 16.1. The number of rotatable bonds is 6. The third-order valence-electron chi connectivity index (χ3n) is 4.80. The molecule has 0 aliphatic carbocycles. The number of aliphatic imine (C=N–C) groups is 1. The summed E-state index contributed by atoms with van der Waals surface area (Å²) in [6, 6.07) is 14.3. The molecule has 4 rings (SSSR count). The van der Waals surface area contributed by atoms with Crippen LogP contribution in [0.5, 0.6) is 0 Å². The zero-order chi connectivity index (χ0) is 19.2. The van der Waals surface area contributed by atoms with Crippen LogP contribution in [0.2, 0.25) is 0 Å². The Bertz CT molecular complexity index is 900. The van der Waals surface area contributed by atoms with E-state index in [0.717, 1.165) is 55.7 Å². The molecule has 1 unspecified atom stereocenters. The number of nitrogens with one attached hydrogen (secondary N) is 2. The Hall–Kier alpha value is -3.09. The van der Waals surface area contributed by atoms with Crippen LogP contribution in [0.25, 0.3) is 0 Å². The minimum atomic E-state index is 0.112. The second kappa shape index (κ2) is 8.73. The van der Waals surface area contributed by atoms with Crippen LogP contribution < -0.4 is 10.6 Å². The van der Waals surface area contributed by atoms with Gasteiger partial charge in [-0.2, -0.15) is 5.10 Å². The van der Waals surface area contributed by atoms with Gasteiger partial charge in [-0.05, 0) is 37.5 Å². The molecule has 7 nitrogen and oxygen atoms in total. The van der Waals surface area contributed by atoms with Gasteiger partial charge in [-0.3, -0.25) is 0 Å². The topological polar surface area (TPSA) is 80.3 Å². The fraction of sp³-hybridized carbons (Fsp3) is 0.381. The van der Waals surface area contributed by atoms with Gasteiger partial charge in [-0.25, -0.2) is 14.7 Å². The molecule has 28 heavy (non-hydrogen) atoms. The van der Waals surface area contributed by atoms with Crippen molar-refractivity contribution < 1.29 is 4.42 Å². The lowest BCUT2D eigenvalue weighted by Crippen LogP contribution is -2.42. The first-order valence-corrected chi connectivity index (χ1v) is 9.80. The van der Waals surface area contributed by atoms with Gasteiger partial charge in [0.2, 0.25) is 0 Å². The Kier molecular flexibility index (Phi) is 5.70. The highest BCUT2D eigenvalue weighted by atomic mass is 16.3. The Morgan fingerprint density at radius 1 is 1.25 bits per heavy atom. The molecule has 0 fully saturated rings. The molecule has 0 amide bonds. The second-order valence-electron chi connectivity index (χ2n) is 6.99. The quantitative estimate of drug-likeness (QED) is 0.509. The maximum absolute atomic E-state index is 5.42. The van der Waals surface area contributed by atoms with Crippen molar-refractivity contribution in [2.75, 3.05) is 6.54 Å². The van der Waals surface area contributed by atoms with Crippen molar-refractivity contribution >= 4 is 5.96 Å². The first-order chi connectivity index (χ1) is 13.8. The number of aromatic nitrogens is 3. The largest absolute Gasteiger partial charge is 0.469 e. The van der Waals surface area contributed by atoms with Crippen molar-refractivity contribution in [1.29, 1.82) is 0 Å². The van der Waals surface area contributed by atoms with Gasteiger partial charge >= 0.3 is 0 Å². The second-order valence-corrected chi connectivity index (χ2v) is 6.99. The molecule has 3 heterocycles. The number of aryl methyl sites for hydroxylation is 2. The Morgan fingerprint density at radius 3 is 2.96 bits per heavy atom. The predicted molar refractivity (Wildman–Crippen MR) is 108 cm³/mol. The van der Waals surface area contributed by atoms with Crippen LogP contribution in [0.3, 0.4) is 0 Å². The van der Waals surface area contributed by atoms with Gasteiger partial charge in [0.05, 0.1) is 18.8 Å². The predicted octanol–water partition coefficient (Wildman–Crippen LogP) is 2.99. The molecule has 2 aromatic heterocycles. The van der Waals surface area contributed by atoms with Gasteiger partial charge in [0.1, 0.15) is 17.4 Å². The smallest absolute Gasteiger partial charge is 0.192 e. The highest BCUT2D eigenvalue weighted by Crippen LogP contribution is 2.22. The molecule has 2 N–H and O–H groups in total. The van der Waals surface area contributed by atoms with E-state index in [2.05, 4.69) is 32.8 Å². The molecule has 0 bridgehead atoms. The minimum Gasteiger partial charge on any atom is -0.469 e. The van der Waals surface area contributed by atoms with E-state index in [1.54, 1.807) is 6.26 Å². The molecule has 7 heteroatoms. The normalized spacial score (nSPS) is 16.6. The van der Waals surface area contributed by atoms with Crippen molar-refractivity contribution in [1.82, 2.24) is 25.4 Å².